The molecule has 0 bridgehead atoms. The highest BCUT2D eigenvalue weighted by Crippen LogP contribution is 2.30. The zero-order valence-electron chi connectivity index (χ0n) is 11.7. The molecule has 4 nitrogen and oxygen atoms in total. The van der Waals surface area contributed by atoms with Crippen molar-refractivity contribution >= 4 is 5.91 Å². The highest BCUT2D eigenvalue weighted by Gasteiger charge is 2.46. The lowest BCUT2D eigenvalue weighted by Gasteiger charge is -2.49. The van der Waals surface area contributed by atoms with Crippen molar-refractivity contribution in [3.8, 4) is 0 Å². The fourth-order valence-electron chi connectivity index (χ4n) is 1.78. The smallest absolute Gasteiger partial charge is 0.224 e. The molecule has 1 unspecified atom stereocenters. The van der Waals surface area contributed by atoms with Crippen LogP contribution in [-0.2, 0) is 4.79 Å². The summed E-state index contributed by atoms with van der Waals surface area (Å²) in [5, 5.41) is 10.1. The molecule has 1 heterocycles. The molecule has 0 radical (unpaired) electrons. The molecule has 3 N–H and O–H groups in total. The maximum absolute atomic E-state index is 11.9. The van der Waals surface area contributed by atoms with E-state index in [1.807, 2.05) is 34.6 Å². The predicted molar refractivity (Wildman–Crippen MR) is 68.4 cm³/mol. The molecule has 1 aliphatic heterocycles. The number of nitrogens with zero attached hydrogens (tertiary/aromatic N) is 1. The van der Waals surface area contributed by atoms with E-state index in [1.165, 1.54) is 0 Å². The molecule has 0 aliphatic carbocycles. The lowest BCUT2D eigenvalue weighted by atomic mass is 9.81. The van der Waals surface area contributed by atoms with Crippen molar-refractivity contribution in [2.24, 2.45) is 17.1 Å². The van der Waals surface area contributed by atoms with Gasteiger partial charge in [-0.15, -0.1) is 0 Å². The molecule has 1 fully saturated rings. The first kappa shape index (κ1) is 14.5. The van der Waals surface area contributed by atoms with Crippen LogP contribution in [-0.4, -0.2) is 40.6 Å². The maximum atomic E-state index is 11.9. The minimum Gasteiger partial charge on any atom is -0.386 e. The molecule has 1 rings (SSSR count). The van der Waals surface area contributed by atoms with Gasteiger partial charge in [0.15, 0.2) is 0 Å². The van der Waals surface area contributed by atoms with Gasteiger partial charge < -0.3 is 15.7 Å². The lowest BCUT2D eigenvalue weighted by molar-refractivity contribution is -0.164. The molecule has 0 aromatic carbocycles. The first-order valence-electron chi connectivity index (χ1n) is 6.32. The number of hydrogen-bond donors (Lipinski definition) is 2. The van der Waals surface area contributed by atoms with Gasteiger partial charge in [-0.05, 0) is 11.3 Å². The highest BCUT2D eigenvalue weighted by atomic mass is 16.3. The van der Waals surface area contributed by atoms with Gasteiger partial charge in [0, 0.05) is 12.5 Å². The Morgan fingerprint density at radius 3 is 2.24 bits per heavy atom. The number of amides is 1. The van der Waals surface area contributed by atoms with E-state index in [2.05, 4.69) is 0 Å². The topological polar surface area (TPSA) is 66.6 Å². The first-order chi connectivity index (χ1) is 7.56. The van der Waals surface area contributed by atoms with Crippen LogP contribution in [0.1, 0.15) is 41.0 Å². The molecule has 0 aromatic rings. The zero-order chi connectivity index (χ0) is 13.4. The quantitative estimate of drug-likeness (QED) is 0.775. The molecular formula is C13H26N2O2. The predicted octanol–water partition coefficient (Wildman–Crippen LogP) is 0.979. The molecule has 1 atom stereocenters. The van der Waals surface area contributed by atoms with Gasteiger partial charge in [0.05, 0.1) is 13.1 Å². The van der Waals surface area contributed by atoms with E-state index in [0.717, 1.165) is 0 Å². The Labute approximate surface area is 104 Å². The summed E-state index contributed by atoms with van der Waals surface area (Å²) in [6.45, 7) is 10.9. The van der Waals surface area contributed by atoms with Gasteiger partial charge in [-0.2, -0.15) is 0 Å². The van der Waals surface area contributed by atoms with Crippen LogP contribution in [0.2, 0.25) is 0 Å². The second-order valence-electron chi connectivity index (χ2n) is 6.68. The minimum atomic E-state index is -0.693. The average molecular weight is 242 g/mol. The molecule has 0 aromatic heterocycles. The van der Waals surface area contributed by atoms with Crippen LogP contribution in [0.3, 0.4) is 0 Å². The standard InChI is InChI=1S/C13H26N2O2/c1-9(2)13(17)7-15(8-13)11(16)6-10(14)12(3,4)5/h9-10,17H,6-8,14H2,1-5H3. The molecule has 4 heteroatoms. The van der Waals surface area contributed by atoms with E-state index in [4.69, 9.17) is 5.73 Å². The summed E-state index contributed by atoms with van der Waals surface area (Å²) in [4.78, 5) is 13.6. The molecular weight excluding hydrogens is 216 g/mol. The third-order valence-corrected chi connectivity index (χ3v) is 3.86. The Kier molecular flexibility index (Phi) is 3.89. The normalized spacial score (nSPS) is 21.3. The van der Waals surface area contributed by atoms with Crippen LogP contribution < -0.4 is 5.73 Å². The molecule has 1 amide bonds. The van der Waals surface area contributed by atoms with Crippen molar-refractivity contribution < 1.29 is 9.90 Å². The number of aliphatic hydroxyl groups is 1. The van der Waals surface area contributed by atoms with Crippen molar-refractivity contribution in [2.75, 3.05) is 13.1 Å². The SMILES string of the molecule is CC(C)C1(O)CN(C(=O)CC(N)C(C)(C)C)C1. The van der Waals surface area contributed by atoms with Gasteiger partial charge >= 0.3 is 0 Å². The molecule has 17 heavy (non-hydrogen) atoms. The van der Waals surface area contributed by atoms with E-state index < -0.39 is 5.60 Å². The van der Waals surface area contributed by atoms with Crippen molar-refractivity contribution in [2.45, 2.75) is 52.7 Å². The lowest BCUT2D eigenvalue weighted by Crippen LogP contribution is -2.66. The average Bonchev–Trinajstić information content (AvgIpc) is 2.10. The van der Waals surface area contributed by atoms with Crippen LogP contribution in [0.15, 0.2) is 0 Å². The van der Waals surface area contributed by atoms with E-state index in [0.29, 0.717) is 19.5 Å². The Morgan fingerprint density at radius 1 is 1.41 bits per heavy atom. The summed E-state index contributed by atoms with van der Waals surface area (Å²) in [6, 6.07) is -0.136. The molecule has 0 spiro atoms. The van der Waals surface area contributed by atoms with Crippen LogP contribution >= 0.6 is 0 Å². The molecule has 1 aliphatic rings. The zero-order valence-corrected chi connectivity index (χ0v) is 11.7. The fourth-order valence-corrected chi connectivity index (χ4v) is 1.78. The number of likely N-dealkylation sites (tertiary alicyclic amines) is 1. The summed E-state index contributed by atoms with van der Waals surface area (Å²) in [5.74, 6) is 0.237. The van der Waals surface area contributed by atoms with Gasteiger partial charge in [0.1, 0.15) is 5.60 Å². The van der Waals surface area contributed by atoms with Crippen LogP contribution in [0, 0.1) is 11.3 Å². The van der Waals surface area contributed by atoms with Gasteiger partial charge in [-0.1, -0.05) is 34.6 Å². The van der Waals surface area contributed by atoms with Crippen molar-refractivity contribution in [3.63, 3.8) is 0 Å². The summed E-state index contributed by atoms with van der Waals surface area (Å²) in [6.07, 6.45) is 0.359. The molecule has 0 saturated carbocycles. The highest BCUT2D eigenvalue weighted by molar-refractivity contribution is 5.78. The number of rotatable bonds is 3. The van der Waals surface area contributed by atoms with Crippen molar-refractivity contribution in [3.05, 3.63) is 0 Å². The molecule has 1 saturated heterocycles. The summed E-state index contributed by atoms with van der Waals surface area (Å²) >= 11 is 0. The van der Waals surface area contributed by atoms with Crippen molar-refractivity contribution in [1.29, 1.82) is 0 Å². The maximum Gasteiger partial charge on any atom is 0.224 e. The Balaban J connectivity index is 2.43. The van der Waals surface area contributed by atoms with E-state index in [9.17, 15) is 9.90 Å². The largest absolute Gasteiger partial charge is 0.386 e. The van der Waals surface area contributed by atoms with E-state index >= 15 is 0 Å². The Hall–Kier alpha value is -0.610. The molecule has 100 valence electrons. The van der Waals surface area contributed by atoms with E-state index in [-0.39, 0.29) is 23.3 Å². The van der Waals surface area contributed by atoms with Gasteiger partial charge in [-0.25, -0.2) is 0 Å². The van der Waals surface area contributed by atoms with Gasteiger partial charge in [0.25, 0.3) is 0 Å². The fraction of sp³-hybridized carbons (Fsp3) is 0.923. The van der Waals surface area contributed by atoms with Crippen LogP contribution in [0.4, 0.5) is 0 Å². The number of carbonyl (C=O) groups is 1. The number of hydrogen-bond acceptors (Lipinski definition) is 3. The summed E-state index contributed by atoms with van der Waals surface area (Å²) in [5.41, 5.74) is 5.23. The number of nitrogens with two attached hydrogens (primary N) is 1. The van der Waals surface area contributed by atoms with E-state index in [1.54, 1.807) is 4.90 Å². The Morgan fingerprint density at radius 2 is 1.88 bits per heavy atom. The first-order valence-corrected chi connectivity index (χ1v) is 6.32. The summed E-state index contributed by atoms with van der Waals surface area (Å²) < 4.78 is 0. The third-order valence-electron chi connectivity index (χ3n) is 3.86. The van der Waals surface area contributed by atoms with Gasteiger partial charge in [-0.3, -0.25) is 4.79 Å². The van der Waals surface area contributed by atoms with Gasteiger partial charge in [0.2, 0.25) is 5.91 Å². The second-order valence-corrected chi connectivity index (χ2v) is 6.68. The van der Waals surface area contributed by atoms with Crippen LogP contribution in [0.5, 0.6) is 0 Å². The Bertz CT molecular complexity index is 288. The number of carbonyl (C=O) groups excluding carboxylic acids is 1. The monoisotopic (exact) mass is 242 g/mol. The number of β-amino-alcohol motifs (C(OH)–C–C–N with tert-alkyl or cyclic N) is 1. The summed E-state index contributed by atoms with van der Waals surface area (Å²) in [7, 11) is 0. The minimum absolute atomic E-state index is 0.0535. The van der Waals surface area contributed by atoms with Crippen LogP contribution in [0.25, 0.3) is 0 Å². The second kappa shape index (κ2) is 4.58. The van der Waals surface area contributed by atoms with Crippen molar-refractivity contribution in [1.82, 2.24) is 4.90 Å². The third kappa shape index (κ3) is 3.19.